The molecule has 0 unspecified atom stereocenters. The zero-order valence-electron chi connectivity index (χ0n) is 12.9. The summed E-state index contributed by atoms with van der Waals surface area (Å²) in [5.41, 5.74) is 2.33. The van der Waals surface area contributed by atoms with Crippen LogP contribution in [0.4, 0.5) is 5.95 Å². The third-order valence-corrected chi connectivity index (χ3v) is 5.55. The second-order valence-corrected chi connectivity index (χ2v) is 6.75. The molecule has 4 rings (SSSR count). The molecule has 112 valence electrons. The van der Waals surface area contributed by atoms with Crippen molar-refractivity contribution in [3.8, 4) is 0 Å². The predicted molar refractivity (Wildman–Crippen MR) is 86.0 cm³/mol. The summed E-state index contributed by atoms with van der Waals surface area (Å²) < 4.78 is 2.32. The van der Waals surface area contributed by atoms with Crippen molar-refractivity contribution in [3.05, 3.63) is 24.3 Å². The number of nitrogens with zero attached hydrogens (tertiary/aromatic N) is 3. The fraction of sp³-hybridized carbons (Fsp3) is 0.588. The highest BCUT2D eigenvalue weighted by atomic mass is 15.4. The van der Waals surface area contributed by atoms with Crippen LogP contribution in [-0.2, 0) is 6.67 Å². The molecule has 0 saturated heterocycles. The minimum absolute atomic E-state index is 0.690. The molecule has 1 aromatic carbocycles. The Balaban J connectivity index is 1.64. The standard InChI is InChI=1S/C17H24N4/c1-12-6-5-9-15(13(12)2)20-10-18-17-19-14-7-3-4-8-16(14)21(17)11-20/h3-4,7-8,12-13,15H,5-6,9-11H2,1-2H3,(H,18,19)/t12-,13+,15-/m0/s1. The zero-order chi connectivity index (χ0) is 14.4. The van der Waals surface area contributed by atoms with Crippen molar-refractivity contribution in [2.45, 2.75) is 45.8 Å². The quantitative estimate of drug-likeness (QED) is 0.870. The Morgan fingerprint density at radius 1 is 1.19 bits per heavy atom. The molecule has 0 bridgehead atoms. The molecule has 1 saturated carbocycles. The lowest BCUT2D eigenvalue weighted by Gasteiger charge is -2.43. The van der Waals surface area contributed by atoms with Crippen LogP contribution in [0.2, 0.25) is 0 Å². The fourth-order valence-electron chi connectivity index (χ4n) is 4.05. The molecular weight excluding hydrogens is 260 g/mol. The highest BCUT2D eigenvalue weighted by Gasteiger charge is 2.33. The van der Waals surface area contributed by atoms with Gasteiger partial charge in [-0.25, -0.2) is 4.98 Å². The van der Waals surface area contributed by atoms with Gasteiger partial charge >= 0.3 is 0 Å². The lowest BCUT2D eigenvalue weighted by atomic mass is 9.77. The Labute approximate surface area is 126 Å². The van der Waals surface area contributed by atoms with Gasteiger partial charge in [0.1, 0.15) is 0 Å². The molecule has 0 amide bonds. The maximum absolute atomic E-state index is 4.69. The topological polar surface area (TPSA) is 33.1 Å². The number of aromatic nitrogens is 2. The summed E-state index contributed by atoms with van der Waals surface area (Å²) >= 11 is 0. The van der Waals surface area contributed by atoms with Crippen LogP contribution >= 0.6 is 0 Å². The van der Waals surface area contributed by atoms with E-state index < -0.39 is 0 Å². The molecule has 3 atom stereocenters. The van der Waals surface area contributed by atoms with Crippen molar-refractivity contribution in [1.29, 1.82) is 0 Å². The Hall–Kier alpha value is -1.55. The molecule has 4 heteroatoms. The first kappa shape index (κ1) is 13.1. The average Bonchev–Trinajstić information content (AvgIpc) is 2.88. The molecule has 2 aliphatic rings. The molecular formula is C17H24N4. The summed E-state index contributed by atoms with van der Waals surface area (Å²) in [6.07, 6.45) is 4.08. The first-order valence-corrected chi connectivity index (χ1v) is 8.17. The lowest BCUT2D eigenvalue weighted by molar-refractivity contribution is 0.0584. The van der Waals surface area contributed by atoms with Gasteiger partial charge in [-0.15, -0.1) is 0 Å². The van der Waals surface area contributed by atoms with Gasteiger partial charge in [-0.1, -0.05) is 38.8 Å². The highest BCUT2D eigenvalue weighted by Crippen LogP contribution is 2.34. The van der Waals surface area contributed by atoms with E-state index in [1.54, 1.807) is 0 Å². The maximum Gasteiger partial charge on any atom is 0.206 e. The van der Waals surface area contributed by atoms with Crippen molar-refractivity contribution in [2.24, 2.45) is 11.8 Å². The molecule has 0 radical (unpaired) electrons. The van der Waals surface area contributed by atoms with Crippen LogP contribution in [0.25, 0.3) is 11.0 Å². The van der Waals surface area contributed by atoms with Gasteiger partial charge in [0.05, 0.1) is 24.4 Å². The maximum atomic E-state index is 4.69. The van der Waals surface area contributed by atoms with E-state index in [-0.39, 0.29) is 0 Å². The average molecular weight is 284 g/mol. The summed E-state index contributed by atoms with van der Waals surface area (Å²) in [5.74, 6) is 2.63. The Kier molecular flexibility index (Phi) is 3.14. The molecule has 1 aliphatic heterocycles. The van der Waals surface area contributed by atoms with E-state index >= 15 is 0 Å². The van der Waals surface area contributed by atoms with E-state index in [0.717, 1.165) is 36.6 Å². The number of rotatable bonds is 1. The summed E-state index contributed by atoms with van der Waals surface area (Å²) in [4.78, 5) is 7.29. The first-order valence-electron chi connectivity index (χ1n) is 8.17. The highest BCUT2D eigenvalue weighted by molar-refractivity contribution is 5.78. The van der Waals surface area contributed by atoms with Gasteiger partial charge in [0.2, 0.25) is 5.95 Å². The number of fused-ring (bicyclic) bond motifs is 3. The second kappa shape index (κ2) is 5.02. The smallest absolute Gasteiger partial charge is 0.206 e. The number of anilines is 1. The van der Waals surface area contributed by atoms with Gasteiger partial charge in [0, 0.05) is 6.04 Å². The van der Waals surface area contributed by atoms with Crippen molar-refractivity contribution >= 4 is 17.0 Å². The Morgan fingerprint density at radius 3 is 2.95 bits per heavy atom. The molecule has 1 aliphatic carbocycles. The Bertz CT molecular complexity index is 647. The van der Waals surface area contributed by atoms with Crippen LogP contribution in [0.15, 0.2) is 24.3 Å². The van der Waals surface area contributed by atoms with E-state index in [1.807, 2.05) is 0 Å². The third-order valence-electron chi connectivity index (χ3n) is 5.55. The lowest BCUT2D eigenvalue weighted by Crippen LogP contribution is -2.49. The van der Waals surface area contributed by atoms with Crippen molar-refractivity contribution in [2.75, 3.05) is 12.0 Å². The molecule has 21 heavy (non-hydrogen) atoms. The van der Waals surface area contributed by atoms with E-state index in [0.29, 0.717) is 6.04 Å². The van der Waals surface area contributed by atoms with E-state index in [9.17, 15) is 0 Å². The minimum atomic E-state index is 0.690. The van der Waals surface area contributed by atoms with Gasteiger partial charge in [-0.2, -0.15) is 0 Å². The summed E-state index contributed by atoms with van der Waals surface area (Å²) in [6.45, 7) is 6.72. The van der Waals surface area contributed by atoms with Gasteiger partial charge in [0.15, 0.2) is 0 Å². The van der Waals surface area contributed by atoms with Crippen LogP contribution < -0.4 is 5.32 Å². The molecule has 1 N–H and O–H groups in total. The van der Waals surface area contributed by atoms with Crippen molar-refractivity contribution in [3.63, 3.8) is 0 Å². The van der Waals surface area contributed by atoms with Crippen LogP contribution in [0.3, 0.4) is 0 Å². The number of nitrogens with one attached hydrogen (secondary N) is 1. The molecule has 2 aromatic rings. The number of hydrogen-bond donors (Lipinski definition) is 1. The normalized spacial score (nSPS) is 30.1. The number of para-hydroxylation sites is 2. The summed E-state index contributed by atoms with van der Waals surface area (Å²) in [5, 5.41) is 3.51. The predicted octanol–water partition coefficient (Wildman–Crippen LogP) is 3.50. The first-order chi connectivity index (χ1) is 10.2. The second-order valence-electron chi connectivity index (χ2n) is 6.75. The van der Waals surface area contributed by atoms with Crippen LogP contribution in [0, 0.1) is 11.8 Å². The van der Waals surface area contributed by atoms with Crippen LogP contribution in [-0.4, -0.2) is 27.2 Å². The minimum Gasteiger partial charge on any atom is -0.343 e. The Morgan fingerprint density at radius 2 is 2.05 bits per heavy atom. The molecule has 2 heterocycles. The van der Waals surface area contributed by atoms with E-state index in [2.05, 4.69) is 52.9 Å². The fourth-order valence-corrected chi connectivity index (χ4v) is 4.05. The third kappa shape index (κ3) is 2.13. The van der Waals surface area contributed by atoms with Crippen LogP contribution in [0.5, 0.6) is 0 Å². The van der Waals surface area contributed by atoms with E-state index in [4.69, 9.17) is 4.98 Å². The van der Waals surface area contributed by atoms with Crippen LogP contribution in [0.1, 0.15) is 33.1 Å². The zero-order valence-corrected chi connectivity index (χ0v) is 12.9. The molecule has 1 fully saturated rings. The van der Waals surface area contributed by atoms with Gasteiger partial charge in [-0.3, -0.25) is 9.47 Å². The van der Waals surface area contributed by atoms with Crippen molar-refractivity contribution < 1.29 is 0 Å². The van der Waals surface area contributed by atoms with Gasteiger partial charge in [-0.05, 0) is 30.4 Å². The molecule has 1 aromatic heterocycles. The number of benzene rings is 1. The number of imidazole rings is 1. The monoisotopic (exact) mass is 284 g/mol. The van der Waals surface area contributed by atoms with E-state index in [1.165, 1.54) is 24.8 Å². The van der Waals surface area contributed by atoms with Gasteiger partial charge in [0.25, 0.3) is 0 Å². The SMILES string of the molecule is C[C@@H]1[C@@H](C)CCC[C@@H]1N1CNc2nc3ccccc3n2C1. The number of hydrogen-bond acceptors (Lipinski definition) is 3. The summed E-state index contributed by atoms with van der Waals surface area (Å²) in [7, 11) is 0. The largest absolute Gasteiger partial charge is 0.343 e. The molecule has 0 spiro atoms. The molecule has 4 nitrogen and oxygen atoms in total. The van der Waals surface area contributed by atoms with Gasteiger partial charge < -0.3 is 5.32 Å². The van der Waals surface area contributed by atoms with Crippen molar-refractivity contribution in [1.82, 2.24) is 14.5 Å². The summed E-state index contributed by atoms with van der Waals surface area (Å²) in [6, 6.07) is 9.11.